The maximum atomic E-state index is 5.71. The molecule has 4 heterocycles. The van der Waals surface area contributed by atoms with Crippen molar-refractivity contribution in [1.82, 2.24) is 24.1 Å². The molecule has 3 aromatic heterocycles. The van der Waals surface area contributed by atoms with Gasteiger partial charge in [-0.3, -0.25) is 4.57 Å². The van der Waals surface area contributed by atoms with E-state index in [1.54, 1.807) is 0 Å². The van der Waals surface area contributed by atoms with Gasteiger partial charge in [-0.1, -0.05) is 6.07 Å². The van der Waals surface area contributed by atoms with E-state index in [9.17, 15) is 0 Å². The van der Waals surface area contributed by atoms with Crippen LogP contribution in [0.5, 0.6) is 5.75 Å². The smallest absolute Gasteiger partial charge is 0.166 e. The van der Waals surface area contributed by atoms with Gasteiger partial charge in [0.2, 0.25) is 0 Å². The van der Waals surface area contributed by atoms with Crippen molar-refractivity contribution in [1.29, 1.82) is 0 Å². The third kappa shape index (κ3) is 2.07. The fourth-order valence-corrected chi connectivity index (χ4v) is 3.55. The van der Waals surface area contributed by atoms with E-state index in [0.29, 0.717) is 0 Å². The second-order valence-electron chi connectivity index (χ2n) is 6.31. The van der Waals surface area contributed by atoms with Crippen molar-refractivity contribution in [2.45, 2.75) is 20.3 Å². The largest absolute Gasteiger partial charge is 0.493 e. The Balaban J connectivity index is 1.74. The molecule has 6 nitrogen and oxygen atoms in total. The van der Waals surface area contributed by atoms with Crippen LogP contribution in [-0.2, 0) is 6.42 Å². The summed E-state index contributed by atoms with van der Waals surface area (Å²) in [5.41, 5.74) is 6.10. The van der Waals surface area contributed by atoms with Gasteiger partial charge in [0.05, 0.1) is 24.1 Å². The minimum atomic E-state index is 0.729. The summed E-state index contributed by atoms with van der Waals surface area (Å²) in [6, 6.07) is 8.17. The van der Waals surface area contributed by atoms with Crippen molar-refractivity contribution in [3.8, 4) is 22.8 Å². The van der Waals surface area contributed by atoms with Gasteiger partial charge in [0.15, 0.2) is 5.65 Å². The summed E-state index contributed by atoms with van der Waals surface area (Å²) in [6.45, 7) is 4.76. The van der Waals surface area contributed by atoms with E-state index in [1.807, 2.05) is 55.2 Å². The van der Waals surface area contributed by atoms with Gasteiger partial charge in [-0.05, 0) is 32.0 Å². The molecule has 0 saturated heterocycles. The topological polar surface area (TPSA) is 57.2 Å². The third-order valence-electron chi connectivity index (χ3n) is 4.64. The summed E-state index contributed by atoms with van der Waals surface area (Å²) in [5.74, 6) is 1.80. The molecule has 4 aromatic rings. The Morgan fingerprint density at radius 2 is 2.12 bits per heavy atom. The number of fused-ring (bicyclic) bond motifs is 2. The van der Waals surface area contributed by atoms with E-state index in [-0.39, 0.29) is 0 Å². The lowest BCUT2D eigenvalue weighted by Gasteiger charge is -2.11. The summed E-state index contributed by atoms with van der Waals surface area (Å²) in [5, 5.41) is 4.50. The molecule has 0 amide bonds. The van der Waals surface area contributed by atoms with Crippen LogP contribution >= 0.6 is 0 Å². The highest BCUT2D eigenvalue weighted by Crippen LogP contribution is 2.33. The van der Waals surface area contributed by atoms with E-state index in [0.717, 1.165) is 52.9 Å². The molecule has 0 saturated carbocycles. The van der Waals surface area contributed by atoms with Crippen molar-refractivity contribution in [3.05, 3.63) is 59.8 Å². The van der Waals surface area contributed by atoms with Gasteiger partial charge in [0.1, 0.15) is 11.6 Å². The normalized spacial score (nSPS) is 13.2. The van der Waals surface area contributed by atoms with Crippen LogP contribution in [0, 0.1) is 13.8 Å². The Labute approximate surface area is 144 Å². The van der Waals surface area contributed by atoms with Gasteiger partial charge in [0.25, 0.3) is 0 Å². The van der Waals surface area contributed by atoms with E-state index < -0.39 is 0 Å². The number of aryl methyl sites for hydroxylation is 2. The van der Waals surface area contributed by atoms with Crippen LogP contribution in [0.25, 0.3) is 22.7 Å². The average molecular weight is 331 g/mol. The molecule has 0 radical (unpaired) electrons. The summed E-state index contributed by atoms with van der Waals surface area (Å²) in [4.78, 5) is 9.28. The summed E-state index contributed by atoms with van der Waals surface area (Å²) in [6.07, 6.45) is 6.55. The first-order chi connectivity index (χ1) is 12.2. The molecule has 6 heteroatoms. The Morgan fingerprint density at radius 3 is 3.04 bits per heavy atom. The molecule has 0 N–H and O–H groups in total. The van der Waals surface area contributed by atoms with Crippen molar-refractivity contribution in [3.63, 3.8) is 0 Å². The highest BCUT2D eigenvalue weighted by molar-refractivity contribution is 5.74. The average Bonchev–Trinajstić information content (AvgIpc) is 3.32. The molecule has 1 aliphatic rings. The second kappa shape index (κ2) is 5.17. The van der Waals surface area contributed by atoms with E-state index >= 15 is 0 Å². The van der Waals surface area contributed by atoms with Gasteiger partial charge < -0.3 is 4.74 Å². The van der Waals surface area contributed by atoms with Crippen LogP contribution in [0.3, 0.4) is 0 Å². The highest BCUT2D eigenvalue weighted by atomic mass is 16.5. The molecular weight excluding hydrogens is 314 g/mol. The first-order valence-electron chi connectivity index (χ1n) is 8.33. The quantitative estimate of drug-likeness (QED) is 0.566. The predicted octanol–water partition coefficient (Wildman–Crippen LogP) is 3.13. The first-order valence-corrected chi connectivity index (χ1v) is 8.33. The van der Waals surface area contributed by atoms with Crippen LogP contribution < -0.4 is 4.74 Å². The Morgan fingerprint density at radius 1 is 1.20 bits per heavy atom. The minimum absolute atomic E-state index is 0.729. The number of ether oxygens (including phenoxy) is 1. The fraction of sp³-hybridized carbons (Fsp3) is 0.211. The van der Waals surface area contributed by atoms with Crippen molar-refractivity contribution < 1.29 is 4.74 Å². The van der Waals surface area contributed by atoms with Crippen LogP contribution in [0.15, 0.2) is 42.9 Å². The lowest BCUT2D eigenvalue weighted by atomic mass is 10.1. The zero-order valence-corrected chi connectivity index (χ0v) is 14.1. The molecule has 0 atom stereocenters. The Kier molecular flexibility index (Phi) is 2.94. The standard InChI is InChI=1S/C19H17N5O/c1-12-10-13(2)24-19(22-12)15(11-21-24)18-20-7-8-23(18)16-4-3-5-17-14(16)6-9-25-17/h3-5,7-8,10-11H,6,9H2,1-2H3. The molecular formula is C19H17N5O. The molecule has 0 aliphatic carbocycles. The van der Waals surface area contributed by atoms with E-state index in [4.69, 9.17) is 4.74 Å². The Bertz CT molecular complexity index is 1110. The lowest BCUT2D eigenvalue weighted by Crippen LogP contribution is -2.01. The maximum absolute atomic E-state index is 5.71. The molecule has 0 unspecified atom stereocenters. The first kappa shape index (κ1) is 14.2. The van der Waals surface area contributed by atoms with Gasteiger partial charge >= 0.3 is 0 Å². The van der Waals surface area contributed by atoms with E-state index in [1.165, 1.54) is 5.56 Å². The van der Waals surface area contributed by atoms with Crippen LogP contribution in [-0.4, -0.2) is 30.8 Å². The maximum Gasteiger partial charge on any atom is 0.166 e. The number of hydrogen-bond acceptors (Lipinski definition) is 4. The molecule has 0 fully saturated rings. The molecule has 5 rings (SSSR count). The number of imidazole rings is 1. The number of nitrogens with zero attached hydrogens (tertiary/aromatic N) is 5. The number of rotatable bonds is 2. The number of aromatic nitrogens is 5. The monoisotopic (exact) mass is 331 g/mol. The lowest BCUT2D eigenvalue weighted by molar-refractivity contribution is 0.357. The summed E-state index contributed by atoms with van der Waals surface area (Å²) >= 11 is 0. The number of hydrogen-bond donors (Lipinski definition) is 0. The van der Waals surface area contributed by atoms with Gasteiger partial charge in [-0.25, -0.2) is 14.5 Å². The van der Waals surface area contributed by atoms with Crippen molar-refractivity contribution in [2.75, 3.05) is 6.61 Å². The highest BCUT2D eigenvalue weighted by Gasteiger charge is 2.21. The second-order valence-corrected chi connectivity index (χ2v) is 6.31. The van der Waals surface area contributed by atoms with Gasteiger partial charge in [-0.2, -0.15) is 5.10 Å². The van der Waals surface area contributed by atoms with Gasteiger partial charge in [-0.15, -0.1) is 0 Å². The molecule has 0 spiro atoms. The zero-order valence-electron chi connectivity index (χ0n) is 14.1. The Hall–Kier alpha value is -3.15. The van der Waals surface area contributed by atoms with Crippen LogP contribution in [0.2, 0.25) is 0 Å². The van der Waals surface area contributed by atoms with Crippen molar-refractivity contribution in [2.24, 2.45) is 0 Å². The number of benzene rings is 1. The minimum Gasteiger partial charge on any atom is -0.493 e. The predicted molar refractivity (Wildman–Crippen MR) is 94.2 cm³/mol. The summed E-state index contributed by atoms with van der Waals surface area (Å²) < 4.78 is 9.67. The fourth-order valence-electron chi connectivity index (χ4n) is 3.55. The van der Waals surface area contributed by atoms with Crippen LogP contribution in [0.4, 0.5) is 0 Å². The molecule has 124 valence electrons. The molecule has 25 heavy (non-hydrogen) atoms. The SMILES string of the molecule is Cc1cc(C)n2ncc(-c3nccn3-c3cccc4c3CCO4)c2n1. The zero-order chi connectivity index (χ0) is 17.0. The van der Waals surface area contributed by atoms with Crippen molar-refractivity contribution >= 4 is 5.65 Å². The molecule has 1 aromatic carbocycles. The third-order valence-corrected chi connectivity index (χ3v) is 4.64. The molecule has 0 bridgehead atoms. The van der Waals surface area contributed by atoms with Gasteiger partial charge in [0, 0.05) is 35.8 Å². The van der Waals surface area contributed by atoms with Crippen LogP contribution in [0.1, 0.15) is 17.0 Å². The molecule has 1 aliphatic heterocycles. The van der Waals surface area contributed by atoms with E-state index in [2.05, 4.69) is 25.7 Å². The summed E-state index contributed by atoms with van der Waals surface area (Å²) in [7, 11) is 0.